The Morgan fingerprint density at radius 3 is 2.72 bits per heavy atom. The van der Waals surface area contributed by atoms with Crippen LogP contribution in [0.2, 0.25) is 0 Å². The Kier molecular flexibility index (Phi) is 4.69. The Hall–Kier alpha value is -2.73. The number of ether oxygens (including phenoxy) is 1. The standard InChI is InChI=1S/C18H19F2N5O4/c1-18(28)12(27)17(25-3-2-10-15(21)23-7-24-16(10)25)29-13(18)11(26)8-4-9(14(19)20)6-22-5-8/h2-7,11-14,17,26-28H,1H3,(H2,21,23,24)/t11?,12-,13+,17+,18-/m0/s1. The van der Waals surface area contributed by atoms with E-state index in [1.165, 1.54) is 24.0 Å². The largest absolute Gasteiger partial charge is 0.386 e. The minimum absolute atomic E-state index is 0.0323. The van der Waals surface area contributed by atoms with E-state index < -0.39 is 36.6 Å². The number of rotatable bonds is 4. The van der Waals surface area contributed by atoms with Crippen molar-refractivity contribution < 1.29 is 28.8 Å². The monoisotopic (exact) mass is 407 g/mol. The Morgan fingerprint density at radius 2 is 2.00 bits per heavy atom. The van der Waals surface area contributed by atoms with Gasteiger partial charge in [0.2, 0.25) is 0 Å². The lowest BCUT2D eigenvalue weighted by Gasteiger charge is -2.29. The molecule has 0 spiro atoms. The topological polar surface area (TPSA) is 140 Å². The Balaban J connectivity index is 1.69. The zero-order valence-electron chi connectivity index (χ0n) is 15.2. The minimum Gasteiger partial charge on any atom is -0.386 e. The number of nitrogens with zero attached hydrogens (tertiary/aromatic N) is 4. The number of hydrogen-bond donors (Lipinski definition) is 4. The van der Waals surface area contributed by atoms with Crippen molar-refractivity contribution in [2.24, 2.45) is 0 Å². The molecule has 4 rings (SSSR count). The normalized spacial score (nSPS) is 28.3. The number of halogens is 2. The van der Waals surface area contributed by atoms with Crippen molar-refractivity contribution in [1.29, 1.82) is 0 Å². The summed E-state index contributed by atoms with van der Waals surface area (Å²) >= 11 is 0. The lowest BCUT2D eigenvalue weighted by atomic mass is 9.88. The van der Waals surface area contributed by atoms with E-state index in [9.17, 15) is 24.1 Å². The second-order valence-corrected chi connectivity index (χ2v) is 7.13. The molecular weight excluding hydrogens is 388 g/mol. The molecule has 1 fully saturated rings. The molecule has 0 bridgehead atoms. The highest BCUT2D eigenvalue weighted by Crippen LogP contribution is 2.43. The number of aliphatic hydroxyl groups excluding tert-OH is 2. The molecule has 3 aromatic heterocycles. The van der Waals surface area contributed by atoms with Crippen LogP contribution < -0.4 is 5.73 Å². The molecule has 0 amide bonds. The highest BCUT2D eigenvalue weighted by Gasteiger charge is 2.56. The van der Waals surface area contributed by atoms with E-state index in [1.54, 1.807) is 12.3 Å². The third-order valence-corrected chi connectivity index (χ3v) is 5.21. The summed E-state index contributed by atoms with van der Waals surface area (Å²) in [5, 5.41) is 32.8. The molecule has 0 saturated carbocycles. The lowest BCUT2D eigenvalue weighted by Crippen LogP contribution is -2.47. The van der Waals surface area contributed by atoms with Gasteiger partial charge >= 0.3 is 0 Å². The minimum atomic E-state index is -2.77. The number of nitrogen functional groups attached to an aromatic ring is 1. The van der Waals surface area contributed by atoms with Crippen molar-refractivity contribution in [2.45, 2.75) is 43.5 Å². The zero-order valence-corrected chi connectivity index (χ0v) is 15.2. The number of aliphatic hydroxyl groups is 3. The van der Waals surface area contributed by atoms with Crippen LogP contribution in [0, 0.1) is 0 Å². The first-order valence-electron chi connectivity index (χ1n) is 8.75. The van der Waals surface area contributed by atoms with Crippen molar-refractivity contribution in [3.8, 4) is 0 Å². The SMILES string of the molecule is C[C@@]1(O)[C@@H](C(O)c2cncc(C(F)F)c2)O[C@@H](n2ccc3c(N)ncnc32)[C@@H]1O. The first kappa shape index (κ1) is 19.6. The summed E-state index contributed by atoms with van der Waals surface area (Å²) in [6, 6.07) is 2.72. The molecule has 1 unspecified atom stereocenters. The average Bonchev–Trinajstić information content (AvgIpc) is 3.22. The van der Waals surface area contributed by atoms with E-state index in [2.05, 4.69) is 15.0 Å². The van der Waals surface area contributed by atoms with Gasteiger partial charge in [0.1, 0.15) is 41.7 Å². The summed E-state index contributed by atoms with van der Waals surface area (Å²) in [7, 11) is 0. The van der Waals surface area contributed by atoms with Gasteiger partial charge in [0.05, 0.1) is 5.39 Å². The summed E-state index contributed by atoms with van der Waals surface area (Å²) in [5.74, 6) is 0.236. The summed E-state index contributed by atoms with van der Waals surface area (Å²) in [6.45, 7) is 1.30. The maximum Gasteiger partial charge on any atom is 0.265 e. The van der Waals surface area contributed by atoms with Crippen LogP contribution in [-0.4, -0.2) is 52.6 Å². The molecule has 0 aliphatic carbocycles. The average molecular weight is 407 g/mol. The fraction of sp³-hybridized carbons (Fsp3) is 0.389. The maximum atomic E-state index is 13.0. The molecule has 4 heterocycles. The van der Waals surface area contributed by atoms with Crippen LogP contribution in [0.5, 0.6) is 0 Å². The van der Waals surface area contributed by atoms with Gasteiger partial charge in [-0.3, -0.25) is 4.98 Å². The molecule has 0 aromatic carbocycles. The third-order valence-electron chi connectivity index (χ3n) is 5.21. The number of nitrogens with two attached hydrogens (primary N) is 1. The molecule has 1 aliphatic rings. The van der Waals surface area contributed by atoms with Gasteiger partial charge in [0.25, 0.3) is 6.43 Å². The lowest BCUT2D eigenvalue weighted by molar-refractivity contribution is -0.115. The van der Waals surface area contributed by atoms with Crippen LogP contribution >= 0.6 is 0 Å². The summed E-state index contributed by atoms with van der Waals surface area (Å²) < 4.78 is 33.2. The quantitative estimate of drug-likeness (QED) is 0.504. The number of fused-ring (bicyclic) bond motifs is 1. The molecule has 1 saturated heterocycles. The fourth-order valence-corrected chi connectivity index (χ4v) is 3.56. The molecule has 0 radical (unpaired) electrons. The van der Waals surface area contributed by atoms with Crippen LogP contribution in [0.4, 0.5) is 14.6 Å². The fourth-order valence-electron chi connectivity index (χ4n) is 3.56. The molecule has 5 atom stereocenters. The van der Waals surface area contributed by atoms with Crippen molar-refractivity contribution in [3.63, 3.8) is 0 Å². The van der Waals surface area contributed by atoms with E-state index in [1.807, 2.05) is 0 Å². The molecule has 154 valence electrons. The van der Waals surface area contributed by atoms with Crippen molar-refractivity contribution in [2.75, 3.05) is 5.73 Å². The molecule has 1 aliphatic heterocycles. The Bertz CT molecular complexity index is 1040. The van der Waals surface area contributed by atoms with Crippen LogP contribution in [0.15, 0.2) is 37.1 Å². The summed E-state index contributed by atoms with van der Waals surface area (Å²) in [5.41, 5.74) is 3.94. The second-order valence-electron chi connectivity index (χ2n) is 7.13. The first-order valence-corrected chi connectivity index (χ1v) is 8.75. The van der Waals surface area contributed by atoms with Crippen molar-refractivity contribution in [3.05, 3.63) is 48.2 Å². The van der Waals surface area contributed by atoms with Crippen molar-refractivity contribution >= 4 is 16.9 Å². The zero-order chi connectivity index (χ0) is 20.9. The second kappa shape index (κ2) is 6.95. The molecule has 9 nitrogen and oxygen atoms in total. The molecule has 11 heteroatoms. The first-order chi connectivity index (χ1) is 13.7. The molecule has 29 heavy (non-hydrogen) atoms. The van der Waals surface area contributed by atoms with Gasteiger partial charge in [-0.1, -0.05) is 0 Å². The smallest absolute Gasteiger partial charge is 0.265 e. The predicted molar refractivity (Wildman–Crippen MR) is 96.6 cm³/mol. The predicted octanol–water partition coefficient (Wildman–Crippen LogP) is 1.09. The van der Waals surface area contributed by atoms with Gasteiger partial charge in [0, 0.05) is 29.7 Å². The number of anilines is 1. The van der Waals surface area contributed by atoms with E-state index in [4.69, 9.17) is 10.5 Å². The van der Waals surface area contributed by atoms with Gasteiger partial charge in [0.15, 0.2) is 6.23 Å². The molecular formula is C18H19F2N5O4. The highest BCUT2D eigenvalue weighted by atomic mass is 19.3. The van der Waals surface area contributed by atoms with Crippen LogP contribution in [0.1, 0.15) is 36.8 Å². The third kappa shape index (κ3) is 3.12. The van der Waals surface area contributed by atoms with Gasteiger partial charge in [-0.25, -0.2) is 18.7 Å². The number of pyridine rings is 1. The van der Waals surface area contributed by atoms with E-state index in [-0.39, 0.29) is 16.9 Å². The summed E-state index contributed by atoms with van der Waals surface area (Å²) in [4.78, 5) is 11.7. The van der Waals surface area contributed by atoms with Crippen LogP contribution in [0.25, 0.3) is 11.0 Å². The maximum absolute atomic E-state index is 13.0. The number of alkyl halides is 2. The number of hydrogen-bond acceptors (Lipinski definition) is 8. The molecule has 3 aromatic rings. The van der Waals surface area contributed by atoms with Gasteiger partial charge in [-0.2, -0.15) is 0 Å². The van der Waals surface area contributed by atoms with Crippen molar-refractivity contribution in [1.82, 2.24) is 19.5 Å². The van der Waals surface area contributed by atoms with E-state index >= 15 is 0 Å². The van der Waals surface area contributed by atoms with E-state index in [0.717, 1.165) is 12.3 Å². The highest BCUT2D eigenvalue weighted by molar-refractivity contribution is 5.86. The summed E-state index contributed by atoms with van der Waals surface area (Å²) in [6.07, 6.45) is -3.17. The number of aromatic nitrogens is 4. The van der Waals surface area contributed by atoms with Crippen LogP contribution in [0.3, 0.4) is 0 Å². The Labute approximate surface area is 163 Å². The van der Waals surface area contributed by atoms with Gasteiger partial charge in [-0.15, -0.1) is 0 Å². The van der Waals surface area contributed by atoms with Gasteiger partial charge in [-0.05, 0) is 19.1 Å². The molecule has 5 N–H and O–H groups in total. The van der Waals surface area contributed by atoms with Gasteiger partial charge < -0.3 is 30.4 Å². The Morgan fingerprint density at radius 1 is 1.28 bits per heavy atom. The van der Waals surface area contributed by atoms with Crippen LogP contribution in [-0.2, 0) is 4.74 Å². The van der Waals surface area contributed by atoms with E-state index in [0.29, 0.717) is 11.0 Å².